The standard InChI is InChI=1S/C16H26N6O4/c1-17-15(24)26-16-19-18-13(25-16)14(23)22-9-7-21(8-10-22)11-12-3-5-20(2)6-4-12/h12H,3-11H2,1-2H3,(H,17,24). The van der Waals surface area contributed by atoms with E-state index in [0.29, 0.717) is 13.1 Å². The largest absolute Gasteiger partial charge is 0.424 e. The van der Waals surface area contributed by atoms with Crippen molar-refractivity contribution in [1.29, 1.82) is 0 Å². The molecule has 0 radical (unpaired) electrons. The van der Waals surface area contributed by atoms with Crippen LogP contribution in [0.15, 0.2) is 4.42 Å². The summed E-state index contributed by atoms with van der Waals surface area (Å²) < 4.78 is 9.83. The molecule has 0 unspecified atom stereocenters. The summed E-state index contributed by atoms with van der Waals surface area (Å²) in [6.45, 7) is 6.36. The maximum absolute atomic E-state index is 12.5. The van der Waals surface area contributed by atoms with E-state index in [4.69, 9.17) is 9.15 Å². The van der Waals surface area contributed by atoms with Gasteiger partial charge in [0.05, 0.1) is 0 Å². The number of carbonyl (C=O) groups excluding carboxylic acids is 2. The molecule has 3 heterocycles. The molecule has 0 aliphatic carbocycles. The molecular weight excluding hydrogens is 340 g/mol. The van der Waals surface area contributed by atoms with E-state index in [2.05, 4.69) is 32.4 Å². The van der Waals surface area contributed by atoms with Gasteiger partial charge in [-0.25, -0.2) is 4.79 Å². The zero-order valence-corrected chi connectivity index (χ0v) is 15.3. The van der Waals surface area contributed by atoms with Crippen LogP contribution in [0.4, 0.5) is 4.79 Å². The molecule has 1 N–H and O–H groups in total. The molecule has 0 spiro atoms. The minimum absolute atomic E-state index is 0.160. The van der Waals surface area contributed by atoms with Crippen LogP contribution in [0.3, 0.4) is 0 Å². The third-order valence-electron chi connectivity index (χ3n) is 4.99. The van der Waals surface area contributed by atoms with Crippen LogP contribution in [-0.4, -0.2) is 96.8 Å². The SMILES string of the molecule is CNC(=O)Oc1nnc(C(=O)N2CCN(CC3CCN(C)CC3)CC2)o1. The summed E-state index contributed by atoms with van der Waals surface area (Å²) in [5.41, 5.74) is 0. The van der Waals surface area contributed by atoms with Crippen LogP contribution in [0.2, 0.25) is 0 Å². The lowest BCUT2D eigenvalue weighted by Gasteiger charge is -2.37. The lowest BCUT2D eigenvalue weighted by molar-refractivity contribution is 0.0553. The number of ether oxygens (including phenoxy) is 1. The molecule has 10 heteroatoms. The Morgan fingerprint density at radius 3 is 2.50 bits per heavy atom. The van der Waals surface area contributed by atoms with Crippen molar-refractivity contribution in [2.45, 2.75) is 12.8 Å². The van der Waals surface area contributed by atoms with E-state index in [0.717, 1.165) is 25.6 Å². The van der Waals surface area contributed by atoms with Crippen molar-refractivity contribution in [3.8, 4) is 6.08 Å². The highest BCUT2D eigenvalue weighted by Gasteiger charge is 2.28. The van der Waals surface area contributed by atoms with Crippen molar-refractivity contribution in [3.05, 3.63) is 5.89 Å². The van der Waals surface area contributed by atoms with Crippen molar-refractivity contribution in [2.75, 3.05) is 59.9 Å². The summed E-state index contributed by atoms with van der Waals surface area (Å²) in [5, 5.41) is 9.49. The number of amides is 2. The van der Waals surface area contributed by atoms with E-state index >= 15 is 0 Å². The zero-order chi connectivity index (χ0) is 18.5. The molecule has 0 aromatic carbocycles. The topological polar surface area (TPSA) is 104 Å². The third-order valence-corrected chi connectivity index (χ3v) is 4.99. The molecule has 144 valence electrons. The van der Waals surface area contributed by atoms with Crippen molar-refractivity contribution in [1.82, 2.24) is 30.2 Å². The number of aromatic nitrogens is 2. The van der Waals surface area contributed by atoms with Crippen LogP contribution in [0.25, 0.3) is 0 Å². The van der Waals surface area contributed by atoms with Gasteiger partial charge in [-0.1, -0.05) is 10.2 Å². The maximum atomic E-state index is 12.5. The number of rotatable bonds is 4. The summed E-state index contributed by atoms with van der Waals surface area (Å²) in [5.74, 6) is 0.254. The van der Waals surface area contributed by atoms with Gasteiger partial charge in [0.2, 0.25) is 0 Å². The van der Waals surface area contributed by atoms with Gasteiger partial charge in [0, 0.05) is 39.8 Å². The van der Waals surface area contributed by atoms with Crippen molar-refractivity contribution in [2.24, 2.45) is 5.92 Å². The first-order valence-electron chi connectivity index (χ1n) is 8.98. The van der Waals surface area contributed by atoms with Gasteiger partial charge in [-0.2, -0.15) is 0 Å². The molecule has 2 aliphatic rings. The van der Waals surface area contributed by atoms with Crippen LogP contribution in [-0.2, 0) is 0 Å². The minimum Gasteiger partial charge on any atom is -0.383 e. The van der Waals surface area contributed by atoms with Crippen molar-refractivity contribution < 1.29 is 18.7 Å². The van der Waals surface area contributed by atoms with E-state index in [1.807, 2.05) is 0 Å². The zero-order valence-electron chi connectivity index (χ0n) is 15.3. The second-order valence-electron chi connectivity index (χ2n) is 6.85. The quantitative estimate of drug-likeness (QED) is 0.787. The van der Waals surface area contributed by atoms with Crippen LogP contribution >= 0.6 is 0 Å². The first-order chi connectivity index (χ1) is 12.5. The van der Waals surface area contributed by atoms with Gasteiger partial charge in [-0.15, -0.1) is 0 Å². The fraction of sp³-hybridized carbons (Fsp3) is 0.750. The number of piperidine rings is 1. The molecule has 0 saturated carbocycles. The average molecular weight is 366 g/mol. The van der Waals surface area contributed by atoms with E-state index in [1.54, 1.807) is 4.90 Å². The second-order valence-corrected chi connectivity index (χ2v) is 6.85. The minimum atomic E-state index is -0.727. The number of piperazine rings is 1. The monoisotopic (exact) mass is 366 g/mol. The Balaban J connectivity index is 1.45. The smallest absolute Gasteiger partial charge is 0.383 e. The highest BCUT2D eigenvalue weighted by atomic mass is 16.6. The number of hydrogen-bond acceptors (Lipinski definition) is 8. The molecule has 2 aliphatic heterocycles. The predicted octanol–water partition coefficient (Wildman–Crippen LogP) is -0.113. The second kappa shape index (κ2) is 8.45. The molecule has 26 heavy (non-hydrogen) atoms. The summed E-state index contributed by atoms with van der Waals surface area (Å²) in [4.78, 5) is 30.1. The highest BCUT2D eigenvalue weighted by Crippen LogP contribution is 2.19. The average Bonchev–Trinajstić information content (AvgIpc) is 3.12. The van der Waals surface area contributed by atoms with Gasteiger partial charge in [0.25, 0.3) is 0 Å². The first kappa shape index (κ1) is 18.6. The van der Waals surface area contributed by atoms with Gasteiger partial charge >= 0.3 is 24.0 Å². The molecule has 0 bridgehead atoms. The van der Waals surface area contributed by atoms with E-state index in [-0.39, 0.29) is 17.9 Å². The summed E-state index contributed by atoms with van der Waals surface area (Å²) in [7, 11) is 3.58. The Bertz CT molecular complexity index is 620. The van der Waals surface area contributed by atoms with Crippen molar-refractivity contribution in [3.63, 3.8) is 0 Å². The lowest BCUT2D eigenvalue weighted by Crippen LogP contribution is -2.50. The molecule has 2 amide bonds. The number of carbonyl (C=O) groups is 2. The van der Waals surface area contributed by atoms with Gasteiger partial charge < -0.3 is 24.3 Å². The van der Waals surface area contributed by atoms with Crippen LogP contribution < -0.4 is 10.1 Å². The van der Waals surface area contributed by atoms with Crippen LogP contribution in [0, 0.1) is 5.92 Å². The molecule has 1 aromatic heterocycles. The van der Waals surface area contributed by atoms with Gasteiger partial charge in [0.15, 0.2) is 0 Å². The first-order valence-corrected chi connectivity index (χ1v) is 8.98. The lowest BCUT2D eigenvalue weighted by atomic mass is 9.96. The Kier molecular flexibility index (Phi) is 6.04. The van der Waals surface area contributed by atoms with Crippen LogP contribution in [0.1, 0.15) is 23.5 Å². The Hall–Kier alpha value is -2.20. The highest BCUT2D eigenvalue weighted by molar-refractivity contribution is 5.89. The Morgan fingerprint density at radius 1 is 1.15 bits per heavy atom. The molecule has 2 fully saturated rings. The fourth-order valence-corrected chi connectivity index (χ4v) is 3.35. The Morgan fingerprint density at radius 2 is 1.85 bits per heavy atom. The van der Waals surface area contributed by atoms with Gasteiger partial charge in [-0.05, 0) is 38.9 Å². The van der Waals surface area contributed by atoms with E-state index < -0.39 is 6.09 Å². The predicted molar refractivity (Wildman–Crippen MR) is 91.9 cm³/mol. The molecule has 2 saturated heterocycles. The molecular formula is C16H26N6O4. The maximum Gasteiger partial charge on any atom is 0.424 e. The number of likely N-dealkylation sites (tertiary alicyclic amines) is 1. The molecule has 10 nitrogen and oxygen atoms in total. The summed E-state index contributed by atoms with van der Waals surface area (Å²) >= 11 is 0. The van der Waals surface area contributed by atoms with Gasteiger partial charge in [-0.3, -0.25) is 9.69 Å². The van der Waals surface area contributed by atoms with Gasteiger partial charge in [0.1, 0.15) is 0 Å². The summed E-state index contributed by atoms with van der Waals surface area (Å²) in [6.07, 6.45) is 1.42. The number of nitrogens with one attached hydrogen (secondary N) is 1. The fourth-order valence-electron chi connectivity index (χ4n) is 3.35. The number of hydrogen-bond donors (Lipinski definition) is 1. The normalized spacial score (nSPS) is 20.2. The Labute approximate surface area is 152 Å². The molecule has 1 aromatic rings. The number of nitrogens with zero attached hydrogens (tertiary/aromatic N) is 5. The summed E-state index contributed by atoms with van der Waals surface area (Å²) in [6, 6.07) is 0. The molecule has 3 rings (SSSR count). The molecule has 0 atom stereocenters. The van der Waals surface area contributed by atoms with Crippen LogP contribution in [0.5, 0.6) is 6.08 Å². The van der Waals surface area contributed by atoms with E-state index in [1.165, 1.54) is 33.0 Å². The van der Waals surface area contributed by atoms with E-state index in [9.17, 15) is 9.59 Å². The third kappa shape index (κ3) is 4.70. The van der Waals surface area contributed by atoms with Crippen molar-refractivity contribution >= 4 is 12.0 Å².